The van der Waals surface area contributed by atoms with Gasteiger partial charge in [-0.25, -0.2) is 9.59 Å². The zero-order valence-electron chi connectivity index (χ0n) is 9.76. The van der Waals surface area contributed by atoms with E-state index in [-0.39, 0.29) is 6.54 Å². The minimum Gasteiger partial charge on any atom is -0.480 e. The van der Waals surface area contributed by atoms with Crippen molar-refractivity contribution in [2.24, 2.45) is 5.73 Å². The Morgan fingerprint density at radius 1 is 1.41 bits per heavy atom. The topological polar surface area (TPSA) is 104 Å². The Bertz CT molecular complexity index is 332. The van der Waals surface area contributed by atoms with E-state index in [2.05, 4.69) is 0 Å². The molecule has 7 nitrogen and oxygen atoms in total. The fourth-order valence-corrected chi connectivity index (χ4v) is 1.94. The number of nitrogens with zero attached hydrogens (tertiary/aromatic N) is 2. The Hall–Kier alpha value is -1.79. The molecule has 1 atom stereocenters. The minimum atomic E-state index is -1.01. The van der Waals surface area contributed by atoms with Crippen LogP contribution in [0.5, 0.6) is 0 Å². The average molecular weight is 243 g/mol. The van der Waals surface area contributed by atoms with Gasteiger partial charge in [-0.05, 0) is 19.3 Å². The number of piperidine rings is 1. The van der Waals surface area contributed by atoms with Gasteiger partial charge in [0.2, 0.25) is 5.91 Å². The van der Waals surface area contributed by atoms with Crippen LogP contribution in [0.1, 0.15) is 19.3 Å². The first-order valence-electron chi connectivity index (χ1n) is 5.46. The van der Waals surface area contributed by atoms with E-state index in [1.165, 1.54) is 11.9 Å². The molecule has 3 amide bonds. The number of rotatable bonds is 3. The Labute approximate surface area is 99.2 Å². The number of nitrogens with two attached hydrogens (primary N) is 1. The summed E-state index contributed by atoms with van der Waals surface area (Å²) in [4.78, 5) is 36.1. The second kappa shape index (κ2) is 5.51. The molecule has 1 heterocycles. The molecule has 1 saturated heterocycles. The largest absolute Gasteiger partial charge is 0.480 e. The second-order valence-corrected chi connectivity index (χ2v) is 4.15. The van der Waals surface area contributed by atoms with Gasteiger partial charge in [-0.1, -0.05) is 0 Å². The predicted octanol–water partition coefficient (Wildman–Crippen LogP) is -0.537. The SMILES string of the molecule is CN(CC(N)=O)C(=O)N1CCCCC1C(=O)O. The first kappa shape index (κ1) is 13.3. The summed E-state index contributed by atoms with van der Waals surface area (Å²) in [5.41, 5.74) is 4.99. The number of aliphatic carboxylic acids is 1. The van der Waals surface area contributed by atoms with E-state index in [1.54, 1.807) is 0 Å². The van der Waals surface area contributed by atoms with Crippen LogP contribution in [-0.4, -0.2) is 59.0 Å². The van der Waals surface area contributed by atoms with Gasteiger partial charge in [-0.2, -0.15) is 0 Å². The van der Waals surface area contributed by atoms with Crippen molar-refractivity contribution in [3.8, 4) is 0 Å². The highest BCUT2D eigenvalue weighted by atomic mass is 16.4. The third-order valence-corrected chi connectivity index (χ3v) is 2.75. The van der Waals surface area contributed by atoms with Crippen LogP contribution in [0.3, 0.4) is 0 Å². The number of likely N-dealkylation sites (tertiary alicyclic amines) is 1. The fraction of sp³-hybridized carbons (Fsp3) is 0.700. The van der Waals surface area contributed by atoms with Crippen LogP contribution in [0.2, 0.25) is 0 Å². The number of primary amides is 1. The van der Waals surface area contributed by atoms with E-state index in [0.29, 0.717) is 13.0 Å². The highest BCUT2D eigenvalue weighted by Crippen LogP contribution is 2.18. The molecular weight excluding hydrogens is 226 g/mol. The van der Waals surface area contributed by atoms with E-state index in [1.807, 2.05) is 0 Å². The number of carbonyl (C=O) groups is 3. The van der Waals surface area contributed by atoms with Crippen molar-refractivity contribution < 1.29 is 19.5 Å². The van der Waals surface area contributed by atoms with Gasteiger partial charge >= 0.3 is 12.0 Å². The Balaban J connectivity index is 2.70. The molecule has 1 unspecified atom stereocenters. The van der Waals surface area contributed by atoms with E-state index in [0.717, 1.165) is 17.7 Å². The van der Waals surface area contributed by atoms with Crippen LogP contribution in [0.15, 0.2) is 0 Å². The summed E-state index contributed by atoms with van der Waals surface area (Å²) in [7, 11) is 1.43. The normalized spacial score (nSPS) is 19.8. The first-order valence-corrected chi connectivity index (χ1v) is 5.46. The van der Waals surface area contributed by atoms with Gasteiger partial charge in [-0.15, -0.1) is 0 Å². The molecule has 0 aliphatic carbocycles. The molecule has 0 radical (unpaired) electrons. The molecule has 7 heteroatoms. The average Bonchev–Trinajstić information content (AvgIpc) is 2.27. The summed E-state index contributed by atoms with van der Waals surface area (Å²) in [5.74, 6) is -1.63. The van der Waals surface area contributed by atoms with Gasteiger partial charge in [0, 0.05) is 13.6 Å². The lowest BCUT2D eigenvalue weighted by atomic mass is 10.0. The number of hydrogen-bond donors (Lipinski definition) is 2. The van der Waals surface area contributed by atoms with Crippen LogP contribution in [0.25, 0.3) is 0 Å². The third-order valence-electron chi connectivity index (χ3n) is 2.75. The highest BCUT2D eigenvalue weighted by molar-refractivity contribution is 5.86. The first-order chi connectivity index (χ1) is 7.93. The predicted molar refractivity (Wildman–Crippen MR) is 59.2 cm³/mol. The molecule has 3 N–H and O–H groups in total. The summed E-state index contributed by atoms with van der Waals surface area (Å²) in [5, 5.41) is 9.02. The number of carbonyl (C=O) groups excluding carboxylic acids is 2. The maximum atomic E-state index is 11.9. The van der Waals surface area contributed by atoms with E-state index >= 15 is 0 Å². The maximum Gasteiger partial charge on any atom is 0.326 e. The number of amides is 3. The van der Waals surface area contributed by atoms with Crippen molar-refractivity contribution in [2.45, 2.75) is 25.3 Å². The summed E-state index contributed by atoms with van der Waals surface area (Å²) < 4.78 is 0. The van der Waals surface area contributed by atoms with Crippen molar-refractivity contribution in [2.75, 3.05) is 20.1 Å². The quantitative estimate of drug-likeness (QED) is 0.694. The Kier molecular flexibility index (Phi) is 4.30. The van der Waals surface area contributed by atoms with Gasteiger partial charge in [0.1, 0.15) is 12.6 Å². The molecule has 1 aliphatic rings. The Morgan fingerprint density at radius 3 is 2.59 bits per heavy atom. The summed E-state index contributed by atoms with van der Waals surface area (Å²) in [6.45, 7) is 0.195. The number of likely N-dealkylation sites (N-methyl/N-ethyl adjacent to an activating group) is 1. The molecular formula is C10H17N3O4. The molecule has 0 saturated carbocycles. The molecule has 0 aromatic rings. The maximum absolute atomic E-state index is 11.9. The van der Waals surface area contributed by atoms with Gasteiger partial charge < -0.3 is 20.6 Å². The summed E-state index contributed by atoms with van der Waals surface area (Å²) >= 11 is 0. The zero-order chi connectivity index (χ0) is 13.0. The minimum absolute atomic E-state index is 0.207. The molecule has 0 bridgehead atoms. The number of hydrogen-bond acceptors (Lipinski definition) is 3. The monoisotopic (exact) mass is 243 g/mol. The molecule has 96 valence electrons. The smallest absolute Gasteiger partial charge is 0.326 e. The summed E-state index contributed by atoms with van der Waals surface area (Å²) in [6, 6.07) is -1.26. The van der Waals surface area contributed by atoms with Gasteiger partial charge in [-0.3, -0.25) is 4.79 Å². The lowest BCUT2D eigenvalue weighted by Crippen LogP contribution is -2.53. The summed E-state index contributed by atoms with van der Waals surface area (Å²) in [6.07, 6.45) is 2.02. The standard InChI is InChI=1S/C10H17N3O4/c1-12(6-8(11)14)10(17)13-5-3-2-4-7(13)9(15)16/h7H,2-6H2,1H3,(H2,11,14)(H,15,16). The Morgan fingerprint density at radius 2 is 2.06 bits per heavy atom. The number of carboxylic acids is 1. The van der Waals surface area contributed by atoms with E-state index < -0.39 is 23.9 Å². The van der Waals surface area contributed by atoms with Gasteiger partial charge in [0.15, 0.2) is 0 Å². The molecule has 17 heavy (non-hydrogen) atoms. The van der Waals surface area contributed by atoms with Crippen molar-refractivity contribution in [1.29, 1.82) is 0 Å². The zero-order valence-corrected chi connectivity index (χ0v) is 9.76. The lowest BCUT2D eigenvalue weighted by Gasteiger charge is -2.35. The number of urea groups is 1. The molecule has 1 aliphatic heterocycles. The van der Waals surface area contributed by atoms with Crippen LogP contribution >= 0.6 is 0 Å². The second-order valence-electron chi connectivity index (χ2n) is 4.15. The van der Waals surface area contributed by atoms with Crippen LogP contribution < -0.4 is 5.73 Å². The van der Waals surface area contributed by atoms with Gasteiger partial charge in [0.05, 0.1) is 0 Å². The van der Waals surface area contributed by atoms with Gasteiger partial charge in [0.25, 0.3) is 0 Å². The van der Waals surface area contributed by atoms with Crippen LogP contribution in [0.4, 0.5) is 4.79 Å². The van der Waals surface area contributed by atoms with Crippen molar-refractivity contribution in [3.05, 3.63) is 0 Å². The fourth-order valence-electron chi connectivity index (χ4n) is 1.94. The lowest BCUT2D eigenvalue weighted by molar-refractivity contribution is -0.143. The van der Waals surface area contributed by atoms with E-state index in [9.17, 15) is 14.4 Å². The van der Waals surface area contributed by atoms with Crippen molar-refractivity contribution >= 4 is 17.9 Å². The third kappa shape index (κ3) is 3.33. The van der Waals surface area contributed by atoms with E-state index in [4.69, 9.17) is 10.8 Å². The van der Waals surface area contributed by atoms with Crippen molar-refractivity contribution in [3.63, 3.8) is 0 Å². The molecule has 0 aromatic heterocycles. The molecule has 1 fully saturated rings. The van der Waals surface area contributed by atoms with Crippen molar-refractivity contribution in [1.82, 2.24) is 9.80 Å². The highest BCUT2D eigenvalue weighted by Gasteiger charge is 2.33. The van der Waals surface area contributed by atoms with Crippen LogP contribution in [-0.2, 0) is 9.59 Å². The molecule has 0 aromatic carbocycles. The number of carboxylic acid groups (broad SMARTS) is 1. The molecule has 0 spiro atoms. The molecule has 1 rings (SSSR count). The van der Waals surface area contributed by atoms with Crippen LogP contribution in [0, 0.1) is 0 Å².